The van der Waals surface area contributed by atoms with Crippen molar-refractivity contribution in [3.05, 3.63) is 29.8 Å². The Morgan fingerprint density at radius 1 is 1.19 bits per heavy atom. The molecule has 2 fully saturated rings. The summed E-state index contributed by atoms with van der Waals surface area (Å²) in [7, 11) is -2.62. The summed E-state index contributed by atoms with van der Waals surface area (Å²) in [6, 6.07) is 6.15. The van der Waals surface area contributed by atoms with Crippen molar-refractivity contribution in [1.82, 2.24) is 0 Å². The molecule has 9 heteroatoms. The van der Waals surface area contributed by atoms with E-state index in [9.17, 15) is 13.2 Å². The molecule has 26 heavy (non-hydrogen) atoms. The lowest BCUT2D eigenvalue weighted by atomic mass is 10.1. The summed E-state index contributed by atoms with van der Waals surface area (Å²) in [4.78, 5) is 12.4. The number of benzene rings is 1. The molecular formula is C17H22O8S. The molecular weight excluding hydrogens is 364 g/mol. The Hall–Kier alpha value is -1.36. The summed E-state index contributed by atoms with van der Waals surface area (Å²) in [5.74, 6) is -1.40. The van der Waals surface area contributed by atoms with Crippen LogP contribution in [0.1, 0.15) is 19.4 Å². The normalized spacial score (nSPS) is 30.3. The summed E-state index contributed by atoms with van der Waals surface area (Å²) in [6.45, 7) is 4.64. The van der Waals surface area contributed by atoms with Crippen molar-refractivity contribution in [2.75, 3.05) is 13.7 Å². The number of hydrogen-bond acceptors (Lipinski definition) is 8. The van der Waals surface area contributed by atoms with Crippen molar-refractivity contribution in [3.63, 3.8) is 0 Å². The maximum atomic E-state index is 12.4. The largest absolute Gasteiger partial charge is 0.375 e. The number of carbonyl (C=O) groups is 1. The first-order chi connectivity index (χ1) is 12.1. The highest BCUT2D eigenvalue weighted by Gasteiger charge is 2.57. The van der Waals surface area contributed by atoms with Crippen LogP contribution in [-0.4, -0.2) is 58.3 Å². The summed E-state index contributed by atoms with van der Waals surface area (Å²) >= 11 is 0. The van der Waals surface area contributed by atoms with Crippen molar-refractivity contribution in [2.24, 2.45) is 0 Å². The van der Waals surface area contributed by atoms with E-state index in [1.165, 1.54) is 19.2 Å². The fraction of sp³-hybridized carbons (Fsp3) is 0.588. The van der Waals surface area contributed by atoms with Crippen molar-refractivity contribution >= 4 is 15.9 Å². The second kappa shape index (κ2) is 6.99. The van der Waals surface area contributed by atoms with E-state index >= 15 is 0 Å². The minimum atomic E-state index is -4.04. The van der Waals surface area contributed by atoms with Crippen LogP contribution in [0.25, 0.3) is 0 Å². The second-order valence-corrected chi connectivity index (χ2v) is 8.34. The molecule has 0 aromatic heterocycles. The minimum Gasteiger partial charge on any atom is -0.375 e. The number of carbonyl (C=O) groups excluding carboxylic acids is 1. The number of Topliss-reactive ketones (excluding diaryl/α,β-unsaturated/α-hetero) is 1. The molecule has 3 rings (SSSR count). The van der Waals surface area contributed by atoms with Gasteiger partial charge in [-0.1, -0.05) is 17.7 Å². The van der Waals surface area contributed by atoms with E-state index in [0.717, 1.165) is 5.56 Å². The molecule has 2 heterocycles. The topological polar surface area (TPSA) is 97.4 Å². The number of methoxy groups -OCH3 is 1. The molecule has 1 aromatic carbocycles. The second-order valence-electron chi connectivity index (χ2n) is 6.72. The van der Waals surface area contributed by atoms with Crippen molar-refractivity contribution in [1.29, 1.82) is 0 Å². The van der Waals surface area contributed by atoms with Gasteiger partial charge in [-0.2, -0.15) is 8.42 Å². The third-order valence-corrected chi connectivity index (χ3v) is 5.52. The third kappa shape index (κ3) is 3.83. The fourth-order valence-corrected chi connectivity index (χ4v) is 3.86. The van der Waals surface area contributed by atoms with Crippen molar-refractivity contribution in [3.8, 4) is 0 Å². The highest BCUT2D eigenvalue weighted by Crippen LogP contribution is 2.38. The maximum Gasteiger partial charge on any atom is 0.297 e. The van der Waals surface area contributed by atoms with Gasteiger partial charge in [0.05, 0.1) is 4.90 Å². The molecule has 2 aliphatic heterocycles. The average Bonchev–Trinajstić information content (AvgIpc) is 3.04. The molecule has 1 aromatic rings. The summed E-state index contributed by atoms with van der Waals surface area (Å²) in [5, 5.41) is 0. The SMILES string of the molecule is CO[C@H]1[C@@H]2OC(C)(C)O[C@@H]2O[C@@H]1C(=O)COS(=O)(=O)c1ccc(C)cc1. The van der Waals surface area contributed by atoms with Gasteiger partial charge in [-0.15, -0.1) is 0 Å². The lowest BCUT2D eigenvalue weighted by Gasteiger charge is -2.24. The Morgan fingerprint density at radius 2 is 1.85 bits per heavy atom. The molecule has 2 aliphatic rings. The Kier molecular flexibility index (Phi) is 5.22. The molecule has 0 N–H and O–H groups in total. The highest BCUT2D eigenvalue weighted by molar-refractivity contribution is 7.86. The minimum absolute atomic E-state index is 0.0168. The zero-order valence-corrected chi connectivity index (χ0v) is 15.8. The van der Waals surface area contributed by atoms with Gasteiger partial charge in [0.25, 0.3) is 10.1 Å². The van der Waals surface area contributed by atoms with E-state index in [0.29, 0.717) is 0 Å². The van der Waals surface area contributed by atoms with Crippen LogP contribution in [-0.2, 0) is 38.0 Å². The Morgan fingerprint density at radius 3 is 2.46 bits per heavy atom. The zero-order chi connectivity index (χ0) is 19.1. The number of rotatable bonds is 6. The first-order valence-electron chi connectivity index (χ1n) is 8.16. The standard InChI is InChI=1S/C17H22O8S/c1-10-5-7-11(8-6-10)26(19,20)22-9-12(18)13-14(21-4)15-16(23-13)25-17(2,3)24-15/h5-8,13-16H,9H2,1-4H3/t13-,14-,15+,16+/m1/s1. The van der Waals surface area contributed by atoms with Gasteiger partial charge >= 0.3 is 0 Å². The first kappa shape index (κ1) is 19.4. The zero-order valence-electron chi connectivity index (χ0n) is 15.0. The molecule has 0 unspecified atom stereocenters. The van der Waals surface area contributed by atoms with Gasteiger partial charge in [0, 0.05) is 7.11 Å². The molecule has 0 saturated carbocycles. The van der Waals surface area contributed by atoms with Gasteiger partial charge in [0.1, 0.15) is 18.8 Å². The van der Waals surface area contributed by atoms with Gasteiger partial charge in [0.15, 0.2) is 24.0 Å². The molecule has 0 aliphatic carbocycles. The van der Waals surface area contributed by atoms with Crippen LogP contribution in [0.15, 0.2) is 29.2 Å². The van der Waals surface area contributed by atoms with Crippen LogP contribution in [0.4, 0.5) is 0 Å². The molecule has 0 spiro atoms. The Balaban J connectivity index is 1.64. The number of hydrogen-bond donors (Lipinski definition) is 0. The van der Waals surface area contributed by atoms with E-state index in [-0.39, 0.29) is 4.90 Å². The average molecular weight is 386 g/mol. The highest BCUT2D eigenvalue weighted by atomic mass is 32.2. The van der Waals surface area contributed by atoms with Crippen LogP contribution in [0.3, 0.4) is 0 Å². The number of aryl methyl sites for hydroxylation is 1. The van der Waals surface area contributed by atoms with Crippen LogP contribution in [0, 0.1) is 6.92 Å². The van der Waals surface area contributed by atoms with Gasteiger partial charge < -0.3 is 18.9 Å². The number of ketones is 1. The summed E-state index contributed by atoms with van der Waals surface area (Å²) < 4.78 is 51.5. The molecule has 0 bridgehead atoms. The van der Waals surface area contributed by atoms with Crippen LogP contribution >= 0.6 is 0 Å². The molecule has 0 radical (unpaired) electrons. The van der Waals surface area contributed by atoms with Gasteiger partial charge in [0.2, 0.25) is 0 Å². The lowest BCUT2D eigenvalue weighted by molar-refractivity contribution is -0.216. The van der Waals surface area contributed by atoms with E-state index in [4.69, 9.17) is 23.1 Å². The molecule has 144 valence electrons. The summed E-state index contributed by atoms with van der Waals surface area (Å²) in [6.07, 6.45) is -3.06. The maximum absolute atomic E-state index is 12.4. The number of fused-ring (bicyclic) bond motifs is 1. The lowest BCUT2D eigenvalue weighted by Crippen LogP contribution is -2.41. The van der Waals surface area contributed by atoms with Gasteiger partial charge in [-0.05, 0) is 32.9 Å². The van der Waals surface area contributed by atoms with Crippen LogP contribution in [0.2, 0.25) is 0 Å². The van der Waals surface area contributed by atoms with Crippen LogP contribution in [0.5, 0.6) is 0 Å². The quantitative estimate of drug-likeness (QED) is 0.672. The third-order valence-electron chi connectivity index (χ3n) is 4.25. The predicted octanol–water partition coefficient (Wildman–Crippen LogP) is 1.16. The van der Waals surface area contributed by atoms with E-state index in [1.807, 2.05) is 6.92 Å². The van der Waals surface area contributed by atoms with E-state index < -0.39 is 52.9 Å². The molecule has 4 atom stereocenters. The fourth-order valence-electron chi connectivity index (χ4n) is 2.99. The smallest absolute Gasteiger partial charge is 0.297 e. The van der Waals surface area contributed by atoms with Crippen molar-refractivity contribution in [2.45, 2.75) is 56.1 Å². The van der Waals surface area contributed by atoms with Gasteiger partial charge in [-0.25, -0.2) is 0 Å². The molecule has 2 saturated heterocycles. The van der Waals surface area contributed by atoms with Gasteiger partial charge in [-0.3, -0.25) is 8.98 Å². The summed E-state index contributed by atoms with van der Waals surface area (Å²) in [5.41, 5.74) is 0.914. The Bertz CT molecular complexity index is 770. The Labute approximate surface area is 152 Å². The van der Waals surface area contributed by atoms with E-state index in [1.54, 1.807) is 26.0 Å². The molecule has 0 amide bonds. The number of ether oxygens (including phenoxy) is 4. The van der Waals surface area contributed by atoms with E-state index in [2.05, 4.69) is 0 Å². The van der Waals surface area contributed by atoms with Crippen molar-refractivity contribution < 1.29 is 36.3 Å². The monoisotopic (exact) mass is 386 g/mol. The molecule has 8 nitrogen and oxygen atoms in total. The first-order valence-corrected chi connectivity index (χ1v) is 9.56. The predicted molar refractivity (Wildman–Crippen MR) is 88.8 cm³/mol. The van der Waals surface area contributed by atoms with Crippen LogP contribution < -0.4 is 0 Å².